The molecule has 1 fully saturated rings. The summed E-state index contributed by atoms with van der Waals surface area (Å²) in [5.41, 5.74) is 0. The van der Waals surface area contributed by atoms with Crippen LogP contribution in [0, 0.1) is 0 Å². The molecule has 1 aliphatic heterocycles. The Labute approximate surface area is 107 Å². The van der Waals surface area contributed by atoms with Crippen LogP contribution in [-0.2, 0) is 4.79 Å². The Hall–Kier alpha value is -0.400. The number of nitrogens with one attached hydrogen (secondary N) is 2. The minimum Gasteiger partial charge on any atom is -0.340 e. The van der Waals surface area contributed by atoms with Gasteiger partial charge in [0, 0.05) is 16.4 Å². The molecule has 1 saturated heterocycles. The second-order valence-corrected chi connectivity index (χ2v) is 6.17. The Morgan fingerprint density at radius 3 is 2.73 bits per heavy atom. The maximum absolute atomic E-state index is 11.6. The third-order valence-corrected chi connectivity index (χ3v) is 5.28. The van der Waals surface area contributed by atoms with Gasteiger partial charge in [0.05, 0.1) is 3.79 Å². The number of nitrogens with zero attached hydrogens (tertiary/aromatic N) is 1. The highest BCUT2D eigenvalue weighted by Gasteiger charge is 2.30. The summed E-state index contributed by atoms with van der Waals surface area (Å²) < 4.78 is 1.94. The monoisotopic (exact) mass is 351 g/mol. The van der Waals surface area contributed by atoms with Crippen molar-refractivity contribution >= 4 is 55.1 Å². The van der Waals surface area contributed by atoms with Crippen LogP contribution in [0.4, 0.5) is 0 Å². The van der Waals surface area contributed by atoms with Crippen LogP contribution < -0.4 is 10.6 Å². The third kappa shape index (κ3) is 2.09. The SMILES string of the molecule is CN=C1NC(=O)C(c2cc(Br)c(Br)s2)N1. The summed E-state index contributed by atoms with van der Waals surface area (Å²) in [7, 11) is 1.63. The van der Waals surface area contributed by atoms with E-state index in [4.69, 9.17) is 0 Å². The first-order valence-electron chi connectivity index (χ1n) is 4.10. The zero-order valence-corrected chi connectivity index (χ0v) is 11.7. The fourth-order valence-electron chi connectivity index (χ4n) is 1.25. The van der Waals surface area contributed by atoms with E-state index in [1.165, 1.54) is 11.3 Å². The van der Waals surface area contributed by atoms with Gasteiger partial charge in [0.25, 0.3) is 5.91 Å². The lowest BCUT2D eigenvalue weighted by molar-refractivity contribution is -0.120. The molecule has 0 aromatic carbocycles. The van der Waals surface area contributed by atoms with Crippen LogP contribution in [0.3, 0.4) is 0 Å². The number of hydrogen-bond acceptors (Lipinski definition) is 3. The van der Waals surface area contributed by atoms with E-state index in [0.29, 0.717) is 5.96 Å². The normalized spacial score (nSPS) is 23.0. The molecule has 0 saturated carbocycles. The Kier molecular flexibility index (Phi) is 3.13. The molecule has 15 heavy (non-hydrogen) atoms. The Balaban J connectivity index is 2.29. The molecule has 2 rings (SSSR count). The first-order chi connectivity index (χ1) is 7.11. The summed E-state index contributed by atoms with van der Waals surface area (Å²) in [6.07, 6.45) is 0. The highest BCUT2D eigenvalue weighted by molar-refractivity contribution is 9.13. The van der Waals surface area contributed by atoms with Gasteiger partial charge in [-0.2, -0.15) is 0 Å². The fraction of sp³-hybridized carbons (Fsp3) is 0.250. The highest BCUT2D eigenvalue weighted by Crippen LogP contribution is 2.36. The van der Waals surface area contributed by atoms with Crippen molar-refractivity contribution in [3.05, 3.63) is 19.2 Å². The van der Waals surface area contributed by atoms with Gasteiger partial charge in [-0.15, -0.1) is 11.3 Å². The van der Waals surface area contributed by atoms with Crippen molar-refractivity contribution in [2.75, 3.05) is 7.05 Å². The van der Waals surface area contributed by atoms with Crippen molar-refractivity contribution in [3.8, 4) is 0 Å². The average Bonchev–Trinajstić information content (AvgIpc) is 2.71. The summed E-state index contributed by atoms with van der Waals surface area (Å²) in [4.78, 5) is 16.4. The van der Waals surface area contributed by atoms with Crippen LogP contribution >= 0.6 is 43.2 Å². The van der Waals surface area contributed by atoms with Crippen LogP contribution in [0.1, 0.15) is 10.9 Å². The van der Waals surface area contributed by atoms with Gasteiger partial charge in [0.15, 0.2) is 5.96 Å². The number of guanidine groups is 1. The first kappa shape index (κ1) is 11.1. The number of carbonyl (C=O) groups is 1. The highest BCUT2D eigenvalue weighted by atomic mass is 79.9. The Morgan fingerprint density at radius 1 is 1.53 bits per heavy atom. The lowest BCUT2D eigenvalue weighted by Crippen LogP contribution is -2.24. The number of halogens is 2. The first-order valence-corrected chi connectivity index (χ1v) is 6.51. The summed E-state index contributed by atoms with van der Waals surface area (Å²) in [6.45, 7) is 0. The van der Waals surface area contributed by atoms with E-state index in [1.54, 1.807) is 7.05 Å². The maximum Gasteiger partial charge on any atom is 0.254 e. The number of aliphatic imine (C=N–C) groups is 1. The summed E-state index contributed by atoms with van der Waals surface area (Å²) in [5, 5.41) is 5.66. The zero-order valence-electron chi connectivity index (χ0n) is 7.67. The van der Waals surface area contributed by atoms with E-state index in [-0.39, 0.29) is 11.9 Å². The van der Waals surface area contributed by atoms with Crippen molar-refractivity contribution in [2.24, 2.45) is 4.99 Å². The Morgan fingerprint density at radius 2 is 2.27 bits per heavy atom. The smallest absolute Gasteiger partial charge is 0.254 e. The van der Waals surface area contributed by atoms with Gasteiger partial charge < -0.3 is 5.32 Å². The largest absolute Gasteiger partial charge is 0.340 e. The molecule has 0 radical (unpaired) electrons. The van der Waals surface area contributed by atoms with E-state index in [9.17, 15) is 4.79 Å². The number of amides is 1. The molecular weight excluding hydrogens is 346 g/mol. The molecule has 0 aliphatic carbocycles. The van der Waals surface area contributed by atoms with E-state index < -0.39 is 0 Å². The summed E-state index contributed by atoms with van der Waals surface area (Å²) in [6, 6.07) is 1.58. The molecular formula is C8H7Br2N3OS. The average molecular weight is 353 g/mol. The lowest BCUT2D eigenvalue weighted by Gasteiger charge is -2.02. The molecule has 1 amide bonds. The molecule has 4 nitrogen and oxygen atoms in total. The summed E-state index contributed by atoms with van der Waals surface area (Å²) >= 11 is 8.31. The summed E-state index contributed by atoms with van der Waals surface area (Å²) in [5.74, 6) is 0.447. The molecule has 80 valence electrons. The van der Waals surface area contributed by atoms with Gasteiger partial charge >= 0.3 is 0 Å². The number of carbonyl (C=O) groups excluding carboxylic acids is 1. The standard InChI is InChI=1S/C8H7Br2N3OS/c1-11-8-12-5(7(14)13-8)4-2-3(9)6(10)15-4/h2,5H,1H3,(H2,11,12,13,14). The predicted molar refractivity (Wildman–Crippen MR) is 67.1 cm³/mol. The molecule has 1 aromatic rings. The van der Waals surface area contributed by atoms with E-state index in [1.807, 2.05) is 6.07 Å². The van der Waals surface area contributed by atoms with Crippen LogP contribution in [0.5, 0.6) is 0 Å². The van der Waals surface area contributed by atoms with Crippen molar-refractivity contribution in [1.82, 2.24) is 10.6 Å². The third-order valence-electron chi connectivity index (χ3n) is 1.96. The predicted octanol–water partition coefficient (Wildman–Crippen LogP) is 2.02. The molecule has 0 bridgehead atoms. The molecule has 1 atom stereocenters. The van der Waals surface area contributed by atoms with Gasteiger partial charge in [-0.1, -0.05) is 0 Å². The zero-order chi connectivity index (χ0) is 11.0. The van der Waals surface area contributed by atoms with Crippen LogP contribution in [0.2, 0.25) is 0 Å². The number of rotatable bonds is 1. The van der Waals surface area contributed by atoms with Crippen molar-refractivity contribution in [1.29, 1.82) is 0 Å². The van der Waals surface area contributed by atoms with Crippen LogP contribution in [0.15, 0.2) is 19.3 Å². The van der Waals surface area contributed by atoms with Gasteiger partial charge in [0.2, 0.25) is 0 Å². The molecule has 2 N–H and O–H groups in total. The fourth-order valence-corrected chi connectivity index (χ4v) is 3.39. The van der Waals surface area contributed by atoms with E-state index in [2.05, 4.69) is 47.5 Å². The molecule has 0 spiro atoms. The van der Waals surface area contributed by atoms with Crippen molar-refractivity contribution in [3.63, 3.8) is 0 Å². The molecule has 1 unspecified atom stereocenters. The molecule has 7 heteroatoms. The maximum atomic E-state index is 11.6. The lowest BCUT2D eigenvalue weighted by atomic mass is 10.2. The van der Waals surface area contributed by atoms with Gasteiger partial charge in [-0.25, -0.2) is 0 Å². The van der Waals surface area contributed by atoms with Crippen LogP contribution in [0.25, 0.3) is 0 Å². The van der Waals surface area contributed by atoms with E-state index in [0.717, 1.165) is 13.1 Å². The molecule has 1 aromatic heterocycles. The van der Waals surface area contributed by atoms with Crippen molar-refractivity contribution in [2.45, 2.75) is 6.04 Å². The quantitative estimate of drug-likeness (QED) is 0.812. The number of hydrogen-bond donors (Lipinski definition) is 2. The topological polar surface area (TPSA) is 53.5 Å². The van der Waals surface area contributed by atoms with Gasteiger partial charge in [-0.05, 0) is 37.9 Å². The second-order valence-electron chi connectivity index (χ2n) is 2.91. The van der Waals surface area contributed by atoms with Gasteiger partial charge in [0.1, 0.15) is 6.04 Å². The minimum absolute atomic E-state index is 0.0724. The Bertz CT molecular complexity index is 424. The van der Waals surface area contributed by atoms with Gasteiger partial charge in [-0.3, -0.25) is 15.1 Å². The molecule has 1 aliphatic rings. The second kappa shape index (κ2) is 4.23. The minimum atomic E-state index is -0.337. The number of thiophene rings is 1. The van der Waals surface area contributed by atoms with Crippen molar-refractivity contribution < 1.29 is 4.79 Å². The molecule has 2 heterocycles. The van der Waals surface area contributed by atoms with Crippen LogP contribution in [-0.4, -0.2) is 18.9 Å². The van der Waals surface area contributed by atoms with E-state index >= 15 is 0 Å².